The smallest absolute Gasteiger partial charge is 0.305 e. The van der Waals surface area contributed by atoms with Crippen molar-refractivity contribution in [2.24, 2.45) is 0 Å². The maximum atomic E-state index is 12.1. The van der Waals surface area contributed by atoms with E-state index in [1.165, 1.54) is 0 Å². The highest BCUT2D eigenvalue weighted by Gasteiger charge is 2.38. The highest BCUT2D eigenvalue weighted by molar-refractivity contribution is 5.96. The number of hydrogen-bond donors (Lipinski definition) is 3. The van der Waals surface area contributed by atoms with E-state index < -0.39 is 5.97 Å². The molecular weight excluding hydrogens is 312 g/mol. The number of benzene rings is 1. The first-order valence-corrected chi connectivity index (χ1v) is 7.89. The maximum absolute atomic E-state index is 12.1. The van der Waals surface area contributed by atoms with E-state index in [0.717, 1.165) is 19.3 Å². The van der Waals surface area contributed by atoms with Crippen LogP contribution in [0.25, 0.3) is 0 Å². The van der Waals surface area contributed by atoms with Gasteiger partial charge in [0.15, 0.2) is 0 Å². The van der Waals surface area contributed by atoms with E-state index in [1.807, 2.05) is 0 Å². The molecule has 7 nitrogen and oxygen atoms in total. The fourth-order valence-corrected chi connectivity index (χ4v) is 2.61. The molecule has 0 radical (unpaired) electrons. The minimum absolute atomic E-state index is 0.0752. The van der Waals surface area contributed by atoms with Crippen molar-refractivity contribution in [3.63, 3.8) is 0 Å². The summed E-state index contributed by atoms with van der Waals surface area (Å²) in [6.45, 7) is 0.0752. The van der Waals surface area contributed by atoms with E-state index in [-0.39, 0.29) is 30.4 Å². The lowest BCUT2D eigenvalue weighted by atomic mass is 9.77. The van der Waals surface area contributed by atoms with Gasteiger partial charge in [-0.25, -0.2) is 0 Å². The molecule has 1 aromatic rings. The number of carbonyl (C=O) groups is 3. The topological polar surface area (TPSA) is 105 Å². The third-order valence-corrected chi connectivity index (χ3v) is 4.24. The zero-order chi connectivity index (χ0) is 17.6. The molecule has 1 fully saturated rings. The first-order chi connectivity index (χ1) is 11.4. The lowest BCUT2D eigenvalue weighted by Crippen LogP contribution is -2.42. The third-order valence-electron chi connectivity index (χ3n) is 4.24. The number of nitrogens with one attached hydrogen (secondary N) is 2. The molecule has 130 valence electrons. The summed E-state index contributed by atoms with van der Waals surface area (Å²) in [6, 6.07) is 6.46. The monoisotopic (exact) mass is 334 g/mol. The van der Waals surface area contributed by atoms with Crippen LogP contribution in [-0.2, 0) is 14.3 Å². The molecular formula is C17H22N2O5. The van der Waals surface area contributed by atoms with Crippen LogP contribution in [0.15, 0.2) is 24.3 Å². The Morgan fingerprint density at radius 2 is 1.88 bits per heavy atom. The lowest BCUT2D eigenvalue weighted by Gasteiger charge is -2.39. The average Bonchev–Trinajstić information content (AvgIpc) is 2.51. The first-order valence-electron chi connectivity index (χ1n) is 7.89. The van der Waals surface area contributed by atoms with Crippen LogP contribution in [0.1, 0.15) is 42.5 Å². The van der Waals surface area contributed by atoms with Gasteiger partial charge in [0.2, 0.25) is 5.91 Å². The summed E-state index contributed by atoms with van der Waals surface area (Å²) in [7, 11) is 1.63. The lowest BCUT2D eigenvalue weighted by molar-refractivity contribution is -0.136. The summed E-state index contributed by atoms with van der Waals surface area (Å²) in [5.74, 6) is -1.43. The van der Waals surface area contributed by atoms with Crippen molar-refractivity contribution >= 4 is 23.5 Å². The number of anilines is 1. The molecule has 2 amide bonds. The minimum atomic E-state index is -0.964. The summed E-state index contributed by atoms with van der Waals surface area (Å²) in [5, 5.41) is 13.9. The van der Waals surface area contributed by atoms with Crippen LogP contribution in [0.4, 0.5) is 5.69 Å². The molecule has 3 N–H and O–H groups in total. The quantitative estimate of drug-likeness (QED) is 0.672. The second-order valence-electron chi connectivity index (χ2n) is 5.94. The SMILES string of the molecule is COC1(CC(=O)Nc2ccc(C(=O)NCCC(=O)O)cc2)CCC1. The van der Waals surface area contributed by atoms with Gasteiger partial charge < -0.3 is 20.5 Å². The Morgan fingerprint density at radius 1 is 1.21 bits per heavy atom. The highest BCUT2D eigenvalue weighted by Crippen LogP contribution is 2.38. The Morgan fingerprint density at radius 3 is 2.38 bits per heavy atom. The van der Waals surface area contributed by atoms with Crippen molar-refractivity contribution in [3.05, 3.63) is 29.8 Å². The van der Waals surface area contributed by atoms with E-state index in [2.05, 4.69) is 10.6 Å². The van der Waals surface area contributed by atoms with Crippen molar-refractivity contribution in [1.29, 1.82) is 0 Å². The molecule has 1 saturated carbocycles. The molecule has 0 aromatic heterocycles. The molecule has 0 bridgehead atoms. The normalized spacial score (nSPS) is 15.2. The summed E-state index contributed by atoms with van der Waals surface area (Å²) in [4.78, 5) is 34.3. The number of hydrogen-bond acceptors (Lipinski definition) is 4. The van der Waals surface area contributed by atoms with E-state index in [0.29, 0.717) is 17.7 Å². The minimum Gasteiger partial charge on any atom is -0.481 e. The number of carboxylic acid groups (broad SMARTS) is 1. The summed E-state index contributed by atoms with van der Waals surface area (Å²) in [5.41, 5.74) is 0.687. The number of carboxylic acids is 1. The predicted octanol–water partition coefficient (Wildman–Crippen LogP) is 1.79. The Bertz CT molecular complexity index is 602. The molecule has 0 atom stereocenters. The van der Waals surface area contributed by atoms with Gasteiger partial charge >= 0.3 is 5.97 Å². The summed E-state index contributed by atoms with van der Waals surface area (Å²) >= 11 is 0. The van der Waals surface area contributed by atoms with Crippen molar-refractivity contribution in [1.82, 2.24) is 5.32 Å². The molecule has 1 aliphatic carbocycles. The second kappa shape index (κ2) is 7.92. The van der Waals surface area contributed by atoms with E-state index in [9.17, 15) is 14.4 Å². The molecule has 0 saturated heterocycles. The van der Waals surface area contributed by atoms with Crippen molar-refractivity contribution < 1.29 is 24.2 Å². The zero-order valence-electron chi connectivity index (χ0n) is 13.6. The second-order valence-corrected chi connectivity index (χ2v) is 5.94. The fourth-order valence-electron chi connectivity index (χ4n) is 2.61. The molecule has 2 rings (SSSR count). The molecule has 7 heteroatoms. The van der Waals surface area contributed by atoms with Gasteiger partial charge in [-0.05, 0) is 43.5 Å². The van der Waals surface area contributed by atoms with Gasteiger partial charge in [0, 0.05) is 24.9 Å². The van der Waals surface area contributed by atoms with Gasteiger partial charge in [0.25, 0.3) is 5.91 Å². The number of amides is 2. The number of methoxy groups -OCH3 is 1. The summed E-state index contributed by atoms with van der Waals surface area (Å²) < 4.78 is 5.43. The molecule has 0 unspecified atom stereocenters. The Kier molecular flexibility index (Phi) is 5.92. The van der Waals surface area contributed by atoms with Gasteiger partial charge in [-0.15, -0.1) is 0 Å². The van der Waals surface area contributed by atoms with Crippen LogP contribution in [0.2, 0.25) is 0 Å². The van der Waals surface area contributed by atoms with Gasteiger partial charge in [0.05, 0.1) is 18.4 Å². The molecule has 0 spiro atoms. The molecule has 24 heavy (non-hydrogen) atoms. The Balaban J connectivity index is 1.84. The average molecular weight is 334 g/mol. The molecule has 0 aliphatic heterocycles. The van der Waals surface area contributed by atoms with Gasteiger partial charge in [0.1, 0.15) is 0 Å². The number of aliphatic carboxylic acids is 1. The molecule has 0 heterocycles. The summed E-state index contributed by atoms with van der Waals surface area (Å²) in [6.07, 6.45) is 3.06. The predicted molar refractivity (Wildman–Crippen MR) is 87.9 cm³/mol. The van der Waals surface area contributed by atoms with Crippen molar-refractivity contribution in [2.45, 2.75) is 37.7 Å². The van der Waals surface area contributed by atoms with E-state index in [4.69, 9.17) is 9.84 Å². The highest BCUT2D eigenvalue weighted by atomic mass is 16.5. The Hall–Kier alpha value is -2.41. The maximum Gasteiger partial charge on any atom is 0.305 e. The number of rotatable bonds is 8. The van der Waals surface area contributed by atoms with Crippen LogP contribution < -0.4 is 10.6 Å². The standard InChI is InChI=1S/C17H22N2O5/c1-24-17(8-2-9-17)11-14(20)19-13-5-3-12(4-6-13)16(23)18-10-7-15(21)22/h3-6H,2,7-11H2,1H3,(H,18,23)(H,19,20)(H,21,22). The number of ether oxygens (including phenoxy) is 1. The van der Waals surface area contributed by atoms with Gasteiger partial charge in [-0.1, -0.05) is 0 Å². The molecule has 1 aliphatic rings. The third kappa shape index (κ3) is 4.79. The number of carbonyl (C=O) groups excluding carboxylic acids is 2. The zero-order valence-corrected chi connectivity index (χ0v) is 13.6. The van der Waals surface area contributed by atoms with Gasteiger partial charge in [-0.3, -0.25) is 14.4 Å². The van der Waals surface area contributed by atoms with Gasteiger partial charge in [-0.2, -0.15) is 0 Å². The van der Waals surface area contributed by atoms with Crippen LogP contribution in [0, 0.1) is 0 Å². The van der Waals surface area contributed by atoms with Crippen LogP contribution in [0.3, 0.4) is 0 Å². The van der Waals surface area contributed by atoms with Crippen molar-refractivity contribution in [2.75, 3.05) is 19.0 Å². The van der Waals surface area contributed by atoms with E-state index in [1.54, 1.807) is 31.4 Å². The first kappa shape index (κ1) is 17.9. The largest absolute Gasteiger partial charge is 0.481 e. The van der Waals surface area contributed by atoms with Crippen LogP contribution in [-0.4, -0.2) is 42.1 Å². The molecule has 1 aromatic carbocycles. The fraction of sp³-hybridized carbons (Fsp3) is 0.471. The van der Waals surface area contributed by atoms with Crippen LogP contribution >= 0.6 is 0 Å². The van der Waals surface area contributed by atoms with Crippen LogP contribution in [0.5, 0.6) is 0 Å². The van der Waals surface area contributed by atoms with Crippen molar-refractivity contribution in [3.8, 4) is 0 Å². The van der Waals surface area contributed by atoms with E-state index >= 15 is 0 Å². The Labute approximate surface area is 140 Å².